The van der Waals surface area contributed by atoms with E-state index < -0.39 is 0 Å². The van der Waals surface area contributed by atoms with Crippen LogP contribution < -0.4 is 5.32 Å². The van der Waals surface area contributed by atoms with E-state index in [0.717, 1.165) is 37.5 Å². The minimum absolute atomic E-state index is 0.0181. The van der Waals surface area contributed by atoms with Crippen molar-refractivity contribution in [3.63, 3.8) is 0 Å². The fourth-order valence-electron chi connectivity index (χ4n) is 7.37. The first-order valence-electron chi connectivity index (χ1n) is 11.6. The second-order valence-corrected chi connectivity index (χ2v) is 10.4. The van der Waals surface area contributed by atoms with Crippen LogP contribution in [0.3, 0.4) is 0 Å². The molecule has 3 fully saturated rings. The standard InChI is InChI=1S/C26H31N3O/c1-18-6-4-10-23(27-18)24(30)28-26-11-5-7-19-12-22(26)14-25(13-19,17-26)29-15-20-8-2-3-9-21(20)16-29/h2-4,6,8-10,19,22H,5,7,11-17H2,1H3,(H,28,30). The molecule has 4 unspecified atom stereocenters. The van der Waals surface area contributed by atoms with E-state index in [1.807, 2.05) is 25.1 Å². The number of amides is 1. The van der Waals surface area contributed by atoms with Gasteiger partial charge in [-0.05, 0) is 74.1 Å². The number of carbonyl (C=O) groups excluding carboxylic acids is 1. The molecule has 156 valence electrons. The predicted molar refractivity (Wildman–Crippen MR) is 117 cm³/mol. The first-order valence-corrected chi connectivity index (χ1v) is 11.6. The number of nitrogens with zero attached hydrogens (tertiary/aromatic N) is 2. The highest BCUT2D eigenvalue weighted by Gasteiger charge is 2.62. The molecule has 1 aromatic heterocycles. The Balaban J connectivity index is 1.31. The molecular weight excluding hydrogens is 370 g/mol. The van der Waals surface area contributed by atoms with E-state index in [9.17, 15) is 4.79 Å². The largest absolute Gasteiger partial charge is 0.345 e. The summed E-state index contributed by atoms with van der Waals surface area (Å²) in [4.78, 5) is 20.5. The fourth-order valence-corrected chi connectivity index (χ4v) is 7.37. The van der Waals surface area contributed by atoms with Crippen LogP contribution in [0, 0.1) is 18.8 Å². The quantitative estimate of drug-likeness (QED) is 0.816. The summed E-state index contributed by atoms with van der Waals surface area (Å²) in [5.74, 6) is 1.42. The van der Waals surface area contributed by atoms with Crippen molar-refractivity contribution in [1.29, 1.82) is 0 Å². The molecule has 1 amide bonds. The molecule has 4 nitrogen and oxygen atoms in total. The number of aromatic nitrogens is 1. The van der Waals surface area contributed by atoms with Crippen molar-refractivity contribution in [2.45, 2.75) is 76.0 Å². The number of nitrogens with one attached hydrogen (secondary N) is 1. The first kappa shape index (κ1) is 18.6. The van der Waals surface area contributed by atoms with E-state index in [1.165, 1.54) is 43.2 Å². The summed E-state index contributed by atoms with van der Waals surface area (Å²) < 4.78 is 0. The van der Waals surface area contributed by atoms with Crippen LogP contribution in [-0.4, -0.2) is 26.9 Å². The average molecular weight is 402 g/mol. The second-order valence-electron chi connectivity index (χ2n) is 10.4. The normalized spacial score (nSPS) is 34.6. The van der Waals surface area contributed by atoms with E-state index in [0.29, 0.717) is 11.6 Å². The lowest BCUT2D eigenvalue weighted by Gasteiger charge is -2.45. The van der Waals surface area contributed by atoms with Crippen LogP contribution in [0.4, 0.5) is 0 Å². The molecule has 0 saturated heterocycles. The van der Waals surface area contributed by atoms with Gasteiger partial charge in [0, 0.05) is 29.9 Å². The van der Waals surface area contributed by atoms with E-state index in [2.05, 4.69) is 39.5 Å². The van der Waals surface area contributed by atoms with Gasteiger partial charge in [0.2, 0.25) is 0 Å². The second kappa shape index (κ2) is 6.65. The maximum absolute atomic E-state index is 13.3. The molecule has 0 spiro atoms. The Morgan fingerprint density at radius 1 is 1.10 bits per heavy atom. The molecule has 4 heteroatoms. The summed E-state index contributed by atoms with van der Waals surface area (Å²) in [6, 6.07) is 14.7. The summed E-state index contributed by atoms with van der Waals surface area (Å²) in [6.45, 7) is 4.09. The van der Waals surface area contributed by atoms with E-state index >= 15 is 0 Å². The van der Waals surface area contributed by atoms with Crippen LogP contribution in [0.5, 0.6) is 0 Å². The number of hydrogen-bond acceptors (Lipinski definition) is 3. The molecule has 1 aliphatic heterocycles. The van der Waals surface area contributed by atoms with Gasteiger partial charge in [-0.1, -0.05) is 43.2 Å². The molecule has 1 aromatic carbocycles. The molecule has 6 rings (SSSR count). The Hall–Kier alpha value is -2.20. The maximum atomic E-state index is 13.3. The van der Waals surface area contributed by atoms with Gasteiger partial charge in [0.15, 0.2) is 0 Å². The van der Waals surface area contributed by atoms with Crippen molar-refractivity contribution < 1.29 is 4.79 Å². The van der Waals surface area contributed by atoms with Crippen molar-refractivity contribution >= 4 is 5.91 Å². The van der Waals surface area contributed by atoms with Crippen LogP contribution in [0.1, 0.15) is 72.3 Å². The average Bonchev–Trinajstić information content (AvgIpc) is 3.23. The molecule has 30 heavy (non-hydrogen) atoms. The zero-order chi connectivity index (χ0) is 20.3. The van der Waals surface area contributed by atoms with Crippen molar-refractivity contribution in [2.24, 2.45) is 11.8 Å². The molecule has 2 aromatic rings. The Labute approximate surface area is 179 Å². The fraction of sp³-hybridized carbons (Fsp3) is 0.538. The third kappa shape index (κ3) is 2.84. The van der Waals surface area contributed by atoms with Gasteiger partial charge < -0.3 is 5.32 Å². The number of pyridine rings is 1. The van der Waals surface area contributed by atoms with Gasteiger partial charge in [-0.2, -0.15) is 0 Å². The van der Waals surface area contributed by atoms with E-state index in [-0.39, 0.29) is 17.0 Å². The van der Waals surface area contributed by atoms with Crippen LogP contribution in [0.25, 0.3) is 0 Å². The minimum Gasteiger partial charge on any atom is -0.345 e. The predicted octanol–water partition coefficient (Wildman–Crippen LogP) is 4.62. The minimum atomic E-state index is -0.0669. The summed E-state index contributed by atoms with van der Waals surface area (Å²) in [6.07, 6.45) is 8.60. The summed E-state index contributed by atoms with van der Waals surface area (Å²) in [7, 11) is 0. The summed E-state index contributed by atoms with van der Waals surface area (Å²) >= 11 is 0. The Bertz CT molecular complexity index is 978. The molecule has 3 bridgehead atoms. The zero-order valence-electron chi connectivity index (χ0n) is 17.9. The van der Waals surface area contributed by atoms with Gasteiger partial charge in [-0.3, -0.25) is 9.69 Å². The topological polar surface area (TPSA) is 45.2 Å². The monoisotopic (exact) mass is 401 g/mol. The highest BCUT2D eigenvalue weighted by Crippen LogP contribution is 2.60. The van der Waals surface area contributed by atoms with Crippen LogP contribution in [0.2, 0.25) is 0 Å². The van der Waals surface area contributed by atoms with Gasteiger partial charge in [0.25, 0.3) is 5.91 Å². The van der Waals surface area contributed by atoms with Gasteiger partial charge in [0.1, 0.15) is 5.69 Å². The van der Waals surface area contributed by atoms with Gasteiger partial charge in [-0.15, -0.1) is 0 Å². The summed E-state index contributed by atoms with van der Waals surface area (Å²) in [5.41, 5.74) is 4.62. The smallest absolute Gasteiger partial charge is 0.270 e. The molecule has 2 heterocycles. The van der Waals surface area contributed by atoms with Crippen molar-refractivity contribution in [2.75, 3.05) is 0 Å². The number of rotatable bonds is 3. The number of fused-ring (bicyclic) bond motifs is 3. The van der Waals surface area contributed by atoms with Gasteiger partial charge >= 0.3 is 0 Å². The van der Waals surface area contributed by atoms with E-state index in [1.54, 1.807) is 0 Å². The molecule has 4 aliphatic rings. The third-order valence-corrected chi connectivity index (χ3v) is 8.57. The van der Waals surface area contributed by atoms with Crippen LogP contribution in [0.15, 0.2) is 42.5 Å². The van der Waals surface area contributed by atoms with Crippen LogP contribution in [-0.2, 0) is 13.1 Å². The van der Waals surface area contributed by atoms with E-state index in [4.69, 9.17) is 0 Å². The Morgan fingerprint density at radius 3 is 2.67 bits per heavy atom. The lowest BCUT2D eigenvalue weighted by molar-refractivity contribution is 0.0342. The van der Waals surface area contributed by atoms with Gasteiger partial charge in [-0.25, -0.2) is 4.98 Å². The summed E-state index contributed by atoms with van der Waals surface area (Å²) in [5, 5.41) is 3.58. The molecular formula is C26H31N3O. The number of hydrogen-bond donors (Lipinski definition) is 1. The SMILES string of the molecule is Cc1cccc(C(=O)NC23CCCC4CC2CC(N2Cc5ccccc5C2)(C4)C3)n1. The Kier molecular flexibility index (Phi) is 4.11. The molecule has 3 saturated carbocycles. The Morgan fingerprint density at radius 2 is 1.90 bits per heavy atom. The van der Waals surface area contributed by atoms with Crippen molar-refractivity contribution in [3.8, 4) is 0 Å². The lowest BCUT2D eigenvalue weighted by atomic mass is 9.74. The number of carbonyl (C=O) groups is 1. The number of benzene rings is 1. The highest BCUT2D eigenvalue weighted by molar-refractivity contribution is 5.93. The molecule has 1 N–H and O–H groups in total. The van der Waals surface area contributed by atoms with Crippen molar-refractivity contribution in [1.82, 2.24) is 15.2 Å². The highest BCUT2D eigenvalue weighted by atomic mass is 16.2. The molecule has 4 atom stereocenters. The zero-order valence-corrected chi connectivity index (χ0v) is 17.9. The lowest BCUT2D eigenvalue weighted by Crippen LogP contribution is -2.53. The maximum Gasteiger partial charge on any atom is 0.270 e. The first-order chi connectivity index (χ1) is 14.6. The number of aryl methyl sites for hydroxylation is 1. The molecule has 3 aliphatic carbocycles. The third-order valence-electron chi connectivity index (χ3n) is 8.57. The van der Waals surface area contributed by atoms with Crippen LogP contribution >= 0.6 is 0 Å². The molecule has 0 radical (unpaired) electrons. The van der Waals surface area contributed by atoms with Gasteiger partial charge in [0.05, 0.1) is 0 Å². The van der Waals surface area contributed by atoms with Crippen molar-refractivity contribution in [3.05, 3.63) is 65.0 Å².